The molecule has 1 aliphatic rings. The zero-order valence-electron chi connectivity index (χ0n) is 16.8. The van der Waals surface area contributed by atoms with Crippen LogP contribution in [0, 0.1) is 5.82 Å². The van der Waals surface area contributed by atoms with E-state index in [4.69, 9.17) is 11.5 Å². The second kappa shape index (κ2) is 9.00. The highest BCUT2D eigenvalue weighted by Gasteiger charge is 2.24. The number of anilines is 3. The first-order valence-electron chi connectivity index (χ1n) is 10.0. The topological polar surface area (TPSA) is 145 Å². The van der Waals surface area contributed by atoms with Crippen LogP contribution in [0.2, 0.25) is 0 Å². The van der Waals surface area contributed by atoms with Crippen LogP contribution in [0.4, 0.5) is 21.7 Å². The summed E-state index contributed by atoms with van der Waals surface area (Å²) in [7, 11) is 0. The van der Waals surface area contributed by atoms with E-state index in [0.29, 0.717) is 17.1 Å². The normalized spacial score (nSPS) is 18.4. The van der Waals surface area contributed by atoms with E-state index in [1.807, 2.05) is 0 Å². The van der Waals surface area contributed by atoms with Crippen molar-refractivity contribution in [3.63, 3.8) is 0 Å². The molecule has 2 atom stereocenters. The number of nitrogens with one attached hydrogen (secondary N) is 2. The van der Waals surface area contributed by atoms with Gasteiger partial charge >= 0.3 is 0 Å². The maximum atomic E-state index is 14.7. The minimum atomic E-state index is -0.801. The number of primary amides is 1. The Bertz CT molecular complexity index is 1080. The maximum Gasteiger partial charge on any atom is 0.252 e. The largest absolute Gasteiger partial charge is 0.365 e. The molecule has 31 heavy (non-hydrogen) atoms. The lowest BCUT2D eigenvalue weighted by atomic mass is 9.91. The third-order valence-electron chi connectivity index (χ3n) is 5.21. The van der Waals surface area contributed by atoms with Crippen molar-refractivity contribution in [2.24, 2.45) is 11.5 Å². The van der Waals surface area contributed by atoms with Crippen molar-refractivity contribution in [2.45, 2.75) is 37.8 Å². The number of pyridine rings is 2. The van der Waals surface area contributed by atoms with E-state index in [2.05, 4.69) is 30.6 Å². The average Bonchev–Trinajstić information content (AvgIpc) is 2.78. The summed E-state index contributed by atoms with van der Waals surface area (Å²) in [5.74, 6) is -0.833. The van der Waals surface area contributed by atoms with Crippen LogP contribution >= 0.6 is 0 Å². The predicted octanol–water partition coefficient (Wildman–Crippen LogP) is 2.60. The first-order chi connectivity index (χ1) is 15.0. The van der Waals surface area contributed by atoms with Crippen LogP contribution in [0.15, 0.2) is 43.0 Å². The number of hydrogen-bond donors (Lipinski definition) is 4. The fraction of sp³-hybridized carbons (Fsp3) is 0.286. The van der Waals surface area contributed by atoms with Crippen molar-refractivity contribution < 1.29 is 9.18 Å². The van der Waals surface area contributed by atoms with Crippen LogP contribution < -0.4 is 22.1 Å². The molecular weight excluding hydrogens is 399 g/mol. The molecule has 1 saturated carbocycles. The summed E-state index contributed by atoms with van der Waals surface area (Å²) in [6.45, 7) is 0. The quantitative estimate of drug-likeness (QED) is 0.474. The molecule has 1 aliphatic carbocycles. The Morgan fingerprint density at radius 1 is 1.10 bits per heavy atom. The van der Waals surface area contributed by atoms with Crippen molar-refractivity contribution in [1.82, 2.24) is 19.9 Å². The molecule has 0 aliphatic heterocycles. The van der Waals surface area contributed by atoms with E-state index in [0.717, 1.165) is 31.7 Å². The highest BCUT2D eigenvalue weighted by Crippen LogP contribution is 2.27. The number of rotatable bonds is 6. The standard InChI is InChI=1S/C21H23FN8O/c22-15-9-14(18(24)31)20(30-21(15)29-17-5-2-1-4-16(17)23)28-13-8-12(10-25-11-13)19-26-6-3-7-27-19/h3,6-11,16-17H,1-2,4-5,23H2,(H2,24,31)(H2,28,29,30)/t16-,17+/m0/s1. The molecule has 1 fully saturated rings. The van der Waals surface area contributed by atoms with Gasteiger partial charge in [-0.05, 0) is 31.0 Å². The summed E-state index contributed by atoms with van der Waals surface area (Å²) >= 11 is 0. The molecule has 1 amide bonds. The maximum absolute atomic E-state index is 14.7. The molecule has 3 aromatic rings. The lowest BCUT2D eigenvalue weighted by Crippen LogP contribution is -2.43. The zero-order chi connectivity index (χ0) is 21.8. The highest BCUT2D eigenvalue weighted by molar-refractivity contribution is 5.98. The summed E-state index contributed by atoms with van der Waals surface area (Å²) in [4.78, 5) is 28.8. The predicted molar refractivity (Wildman–Crippen MR) is 115 cm³/mol. The highest BCUT2D eigenvalue weighted by atomic mass is 19.1. The van der Waals surface area contributed by atoms with Gasteiger partial charge in [-0.25, -0.2) is 19.3 Å². The fourth-order valence-electron chi connectivity index (χ4n) is 3.60. The second-order valence-corrected chi connectivity index (χ2v) is 7.44. The molecule has 0 aromatic carbocycles. The number of nitrogens with zero attached hydrogens (tertiary/aromatic N) is 4. The number of aromatic nitrogens is 4. The third-order valence-corrected chi connectivity index (χ3v) is 5.21. The lowest BCUT2D eigenvalue weighted by molar-refractivity contribution is 0.100. The van der Waals surface area contributed by atoms with Gasteiger partial charge in [0.2, 0.25) is 0 Å². The molecule has 0 saturated heterocycles. The van der Waals surface area contributed by atoms with Crippen LogP contribution in [0.25, 0.3) is 11.4 Å². The Kier molecular flexibility index (Phi) is 5.99. The monoisotopic (exact) mass is 422 g/mol. The van der Waals surface area contributed by atoms with Gasteiger partial charge in [0.1, 0.15) is 5.82 Å². The minimum absolute atomic E-state index is 0.0188. The molecule has 0 unspecified atom stereocenters. The summed E-state index contributed by atoms with van der Waals surface area (Å²) in [6, 6.07) is 4.36. The van der Waals surface area contributed by atoms with Gasteiger partial charge < -0.3 is 22.1 Å². The first kappa shape index (κ1) is 20.6. The van der Waals surface area contributed by atoms with E-state index >= 15 is 0 Å². The lowest BCUT2D eigenvalue weighted by Gasteiger charge is -2.30. The van der Waals surface area contributed by atoms with Gasteiger partial charge in [-0.2, -0.15) is 0 Å². The van der Waals surface area contributed by atoms with Gasteiger partial charge in [-0.1, -0.05) is 12.8 Å². The first-order valence-corrected chi connectivity index (χ1v) is 10.0. The van der Waals surface area contributed by atoms with Crippen molar-refractivity contribution in [3.8, 4) is 11.4 Å². The number of amides is 1. The van der Waals surface area contributed by atoms with E-state index in [1.54, 1.807) is 36.9 Å². The SMILES string of the molecule is NC(=O)c1cc(F)c(N[C@@H]2CCCC[C@@H]2N)nc1Nc1cncc(-c2ncccn2)c1. The van der Waals surface area contributed by atoms with Crippen molar-refractivity contribution >= 4 is 23.2 Å². The molecule has 3 heterocycles. The Labute approximate surface area is 178 Å². The van der Waals surface area contributed by atoms with E-state index in [1.165, 1.54) is 0 Å². The van der Waals surface area contributed by atoms with Crippen LogP contribution in [-0.2, 0) is 0 Å². The third kappa shape index (κ3) is 4.75. The molecule has 0 spiro atoms. The molecule has 6 N–H and O–H groups in total. The number of nitrogens with two attached hydrogens (primary N) is 2. The van der Waals surface area contributed by atoms with Crippen LogP contribution in [0.5, 0.6) is 0 Å². The van der Waals surface area contributed by atoms with Gasteiger partial charge in [-0.3, -0.25) is 9.78 Å². The van der Waals surface area contributed by atoms with Gasteiger partial charge in [-0.15, -0.1) is 0 Å². The van der Waals surface area contributed by atoms with Crippen molar-refractivity contribution in [1.29, 1.82) is 0 Å². The number of halogens is 1. The summed E-state index contributed by atoms with van der Waals surface area (Å²) in [5.41, 5.74) is 12.7. The summed E-state index contributed by atoms with van der Waals surface area (Å²) in [6.07, 6.45) is 10.2. The number of carbonyl (C=O) groups is 1. The molecule has 160 valence electrons. The fourth-order valence-corrected chi connectivity index (χ4v) is 3.60. The second-order valence-electron chi connectivity index (χ2n) is 7.44. The van der Waals surface area contributed by atoms with E-state index in [-0.39, 0.29) is 29.3 Å². The van der Waals surface area contributed by atoms with Crippen LogP contribution in [0.3, 0.4) is 0 Å². The van der Waals surface area contributed by atoms with Gasteiger partial charge in [0.05, 0.1) is 17.4 Å². The van der Waals surface area contributed by atoms with Crippen LogP contribution in [0.1, 0.15) is 36.0 Å². The molecule has 9 nitrogen and oxygen atoms in total. The number of carbonyl (C=O) groups excluding carboxylic acids is 1. The molecular formula is C21H23FN8O. The Hall–Kier alpha value is -3.66. The average molecular weight is 422 g/mol. The Morgan fingerprint density at radius 3 is 2.61 bits per heavy atom. The molecule has 0 radical (unpaired) electrons. The van der Waals surface area contributed by atoms with Gasteiger partial charge in [0.25, 0.3) is 5.91 Å². The van der Waals surface area contributed by atoms with Gasteiger partial charge in [0.15, 0.2) is 17.5 Å². The molecule has 10 heteroatoms. The van der Waals surface area contributed by atoms with E-state index in [9.17, 15) is 9.18 Å². The Morgan fingerprint density at radius 2 is 1.87 bits per heavy atom. The molecule has 3 aromatic heterocycles. The van der Waals surface area contributed by atoms with Crippen molar-refractivity contribution in [3.05, 3.63) is 54.4 Å². The van der Waals surface area contributed by atoms with Crippen LogP contribution in [-0.4, -0.2) is 37.9 Å². The zero-order valence-corrected chi connectivity index (χ0v) is 16.8. The minimum Gasteiger partial charge on any atom is -0.365 e. The smallest absolute Gasteiger partial charge is 0.252 e. The summed E-state index contributed by atoms with van der Waals surface area (Å²) < 4.78 is 14.7. The molecule has 0 bridgehead atoms. The van der Waals surface area contributed by atoms with E-state index < -0.39 is 11.7 Å². The van der Waals surface area contributed by atoms with Gasteiger partial charge in [0, 0.05) is 36.2 Å². The molecule has 4 rings (SSSR count). The van der Waals surface area contributed by atoms with Crippen molar-refractivity contribution in [2.75, 3.05) is 10.6 Å². The Balaban J connectivity index is 1.64. The summed E-state index contributed by atoms with van der Waals surface area (Å²) in [5, 5.41) is 6.10. The number of hydrogen-bond acceptors (Lipinski definition) is 8.